The van der Waals surface area contributed by atoms with Gasteiger partial charge in [-0.1, -0.05) is 18.2 Å². The lowest BCUT2D eigenvalue weighted by atomic mass is 10.2. The molecule has 0 aliphatic carbocycles. The number of aliphatic hydroxyl groups is 1. The average molecular weight is 313 g/mol. The fourth-order valence-corrected chi connectivity index (χ4v) is 3.01. The van der Waals surface area contributed by atoms with Gasteiger partial charge in [-0.25, -0.2) is 17.2 Å². The first-order valence-corrected chi connectivity index (χ1v) is 7.50. The van der Waals surface area contributed by atoms with E-state index in [4.69, 9.17) is 5.11 Å². The molecule has 2 aromatic rings. The molecule has 0 saturated heterocycles. The highest BCUT2D eigenvalue weighted by atomic mass is 32.2. The van der Waals surface area contributed by atoms with Crippen LogP contribution < -0.4 is 4.72 Å². The first kappa shape index (κ1) is 15.4. The zero-order chi connectivity index (χ0) is 15.6. The molecule has 0 radical (unpaired) electrons. The van der Waals surface area contributed by atoms with E-state index in [2.05, 4.69) is 0 Å². The van der Waals surface area contributed by atoms with Crippen molar-refractivity contribution >= 4 is 15.7 Å². The quantitative estimate of drug-likeness (QED) is 0.911. The Kier molecular flexibility index (Phi) is 4.24. The van der Waals surface area contributed by atoms with Gasteiger partial charge in [0, 0.05) is 0 Å². The largest absolute Gasteiger partial charge is 0.392 e. The molecule has 0 aliphatic heterocycles. The lowest BCUT2D eigenvalue weighted by Crippen LogP contribution is -2.16. The van der Waals surface area contributed by atoms with Gasteiger partial charge in [0.1, 0.15) is 16.5 Å². The van der Waals surface area contributed by atoms with Crippen molar-refractivity contribution in [1.82, 2.24) is 0 Å². The highest BCUT2D eigenvalue weighted by Crippen LogP contribution is 2.24. The third-order valence-electron chi connectivity index (χ3n) is 2.93. The monoisotopic (exact) mass is 313 g/mol. The smallest absolute Gasteiger partial charge is 0.264 e. The van der Waals surface area contributed by atoms with Crippen LogP contribution in [0, 0.1) is 18.6 Å². The summed E-state index contributed by atoms with van der Waals surface area (Å²) in [6, 6.07) is 7.31. The normalized spacial score (nSPS) is 11.4. The number of hydrogen-bond donors (Lipinski definition) is 2. The van der Waals surface area contributed by atoms with Crippen molar-refractivity contribution in [3.63, 3.8) is 0 Å². The predicted octanol–water partition coefficient (Wildman–Crippen LogP) is 2.57. The van der Waals surface area contributed by atoms with E-state index < -0.39 is 33.2 Å². The van der Waals surface area contributed by atoms with Gasteiger partial charge in [0.2, 0.25) is 0 Å². The van der Waals surface area contributed by atoms with E-state index in [1.807, 2.05) is 4.72 Å². The number of rotatable bonds is 4. The predicted molar refractivity (Wildman–Crippen MR) is 74.3 cm³/mol. The number of nitrogens with one attached hydrogen (secondary N) is 1. The van der Waals surface area contributed by atoms with Crippen molar-refractivity contribution in [2.75, 3.05) is 4.72 Å². The van der Waals surface area contributed by atoms with Gasteiger partial charge in [-0.05, 0) is 36.2 Å². The minimum Gasteiger partial charge on any atom is -0.392 e. The third kappa shape index (κ3) is 3.20. The Hall–Kier alpha value is -1.99. The van der Waals surface area contributed by atoms with Crippen LogP contribution in [-0.4, -0.2) is 13.5 Å². The van der Waals surface area contributed by atoms with Crippen molar-refractivity contribution in [3.8, 4) is 0 Å². The van der Waals surface area contributed by atoms with Crippen molar-refractivity contribution < 1.29 is 22.3 Å². The van der Waals surface area contributed by atoms with Crippen molar-refractivity contribution in [1.29, 1.82) is 0 Å². The van der Waals surface area contributed by atoms with Gasteiger partial charge >= 0.3 is 0 Å². The second-order valence-corrected chi connectivity index (χ2v) is 6.11. The molecule has 21 heavy (non-hydrogen) atoms. The zero-order valence-corrected chi connectivity index (χ0v) is 11.9. The molecule has 0 amide bonds. The summed E-state index contributed by atoms with van der Waals surface area (Å²) in [7, 11) is -4.26. The molecule has 0 aromatic heterocycles. The number of aryl methyl sites for hydroxylation is 1. The Balaban J connectivity index is 2.44. The summed E-state index contributed by atoms with van der Waals surface area (Å²) in [5, 5.41) is 8.88. The molecule has 0 spiro atoms. The molecule has 2 N–H and O–H groups in total. The lowest BCUT2D eigenvalue weighted by Gasteiger charge is -2.12. The second kappa shape index (κ2) is 5.79. The van der Waals surface area contributed by atoms with Gasteiger partial charge in [-0.2, -0.15) is 0 Å². The molecule has 2 rings (SSSR count). The number of sulfonamides is 1. The van der Waals surface area contributed by atoms with Gasteiger partial charge in [0.05, 0.1) is 12.3 Å². The molecular formula is C14H13F2NO3S. The Morgan fingerprint density at radius 1 is 1.14 bits per heavy atom. The maximum absolute atomic E-state index is 13.8. The van der Waals surface area contributed by atoms with Crippen LogP contribution in [0.1, 0.15) is 11.1 Å². The molecule has 0 fully saturated rings. The van der Waals surface area contributed by atoms with Crippen molar-refractivity contribution in [2.45, 2.75) is 18.4 Å². The first-order chi connectivity index (χ1) is 9.85. The van der Waals surface area contributed by atoms with Crippen LogP contribution in [0.15, 0.2) is 41.3 Å². The van der Waals surface area contributed by atoms with Crippen LogP contribution in [0.2, 0.25) is 0 Å². The zero-order valence-electron chi connectivity index (χ0n) is 11.1. The first-order valence-electron chi connectivity index (χ1n) is 6.02. The third-order valence-corrected chi connectivity index (χ3v) is 4.31. The van der Waals surface area contributed by atoms with E-state index >= 15 is 0 Å². The molecule has 0 atom stereocenters. The summed E-state index contributed by atoms with van der Waals surface area (Å²) in [5.41, 5.74) is 0.405. The number of halogens is 2. The summed E-state index contributed by atoms with van der Waals surface area (Å²) in [5.74, 6) is -1.76. The topological polar surface area (TPSA) is 66.4 Å². The molecule has 2 aromatic carbocycles. The average Bonchev–Trinajstić information content (AvgIpc) is 2.42. The van der Waals surface area contributed by atoms with Gasteiger partial charge in [-0.3, -0.25) is 4.72 Å². The molecule has 0 unspecified atom stereocenters. The maximum atomic E-state index is 13.8. The van der Waals surface area contributed by atoms with Crippen LogP contribution in [0.4, 0.5) is 14.5 Å². The summed E-state index contributed by atoms with van der Waals surface area (Å²) < 4.78 is 53.8. The van der Waals surface area contributed by atoms with E-state index in [1.165, 1.54) is 25.1 Å². The fraction of sp³-hybridized carbons (Fsp3) is 0.143. The standard InChI is InChI=1S/C14H13F2NO3S/c1-9-3-2-4-11(15)14(9)17-21(19,20)13-6-5-10(8-18)7-12(13)16/h2-7,17-18H,8H2,1H3. The number of hydrogen-bond acceptors (Lipinski definition) is 3. The molecule has 112 valence electrons. The highest BCUT2D eigenvalue weighted by Gasteiger charge is 2.21. The molecule has 0 heterocycles. The van der Waals surface area contributed by atoms with E-state index in [0.29, 0.717) is 5.56 Å². The molecule has 7 heteroatoms. The van der Waals surface area contributed by atoms with Gasteiger partial charge in [-0.15, -0.1) is 0 Å². The van der Waals surface area contributed by atoms with Crippen LogP contribution in [0.5, 0.6) is 0 Å². The molecule has 0 saturated carbocycles. The fourth-order valence-electron chi connectivity index (χ4n) is 1.81. The Bertz CT molecular complexity index is 756. The van der Waals surface area contributed by atoms with Gasteiger partial charge in [0.15, 0.2) is 0 Å². The summed E-state index contributed by atoms with van der Waals surface area (Å²) in [6.45, 7) is 1.13. The van der Waals surface area contributed by atoms with Gasteiger partial charge in [0.25, 0.3) is 10.0 Å². The number of anilines is 1. The van der Waals surface area contributed by atoms with Crippen molar-refractivity contribution in [2.24, 2.45) is 0 Å². The maximum Gasteiger partial charge on any atom is 0.264 e. The van der Waals surface area contributed by atoms with E-state index in [-0.39, 0.29) is 11.3 Å². The highest BCUT2D eigenvalue weighted by molar-refractivity contribution is 7.92. The van der Waals surface area contributed by atoms with E-state index in [9.17, 15) is 17.2 Å². The number of aliphatic hydroxyl groups excluding tert-OH is 1. The number of benzene rings is 2. The molecule has 0 aliphatic rings. The SMILES string of the molecule is Cc1cccc(F)c1NS(=O)(=O)c1ccc(CO)cc1F. The molecule has 4 nitrogen and oxygen atoms in total. The minimum absolute atomic E-state index is 0.219. The minimum atomic E-state index is -4.26. The summed E-state index contributed by atoms with van der Waals surface area (Å²) in [6.07, 6.45) is 0. The van der Waals surface area contributed by atoms with Crippen LogP contribution >= 0.6 is 0 Å². The number of para-hydroxylation sites is 1. The Labute approximate surface area is 121 Å². The summed E-state index contributed by atoms with van der Waals surface area (Å²) >= 11 is 0. The second-order valence-electron chi connectivity index (χ2n) is 4.46. The van der Waals surface area contributed by atoms with E-state index in [0.717, 1.165) is 18.2 Å². The molecular weight excluding hydrogens is 300 g/mol. The van der Waals surface area contributed by atoms with Gasteiger partial charge < -0.3 is 5.11 Å². The van der Waals surface area contributed by atoms with Crippen molar-refractivity contribution in [3.05, 3.63) is 59.2 Å². The van der Waals surface area contributed by atoms with E-state index in [1.54, 1.807) is 0 Å². The lowest BCUT2D eigenvalue weighted by molar-refractivity contribution is 0.281. The Morgan fingerprint density at radius 3 is 2.43 bits per heavy atom. The van der Waals surface area contributed by atoms with Crippen LogP contribution in [0.3, 0.4) is 0 Å². The summed E-state index contributed by atoms with van der Waals surface area (Å²) in [4.78, 5) is -0.609. The Morgan fingerprint density at radius 2 is 1.86 bits per heavy atom. The molecule has 0 bridgehead atoms. The van der Waals surface area contributed by atoms with Crippen LogP contribution in [-0.2, 0) is 16.6 Å². The van der Waals surface area contributed by atoms with Crippen LogP contribution in [0.25, 0.3) is 0 Å².